The van der Waals surface area contributed by atoms with Crippen LogP contribution in [0.15, 0.2) is 48.5 Å². The quantitative estimate of drug-likeness (QED) is 0.452. The zero-order chi connectivity index (χ0) is 17.3. The summed E-state index contributed by atoms with van der Waals surface area (Å²) in [4.78, 5) is 0. The maximum absolute atomic E-state index is 9.79. The normalized spacial score (nSPS) is 11.0. The molecule has 2 aromatic carbocycles. The van der Waals surface area contributed by atoms with Gasteiger partial charge in [0.1, 0.15) is 0 Å². The molecule has 0 saturated heterocycles. The average Bonchev–Trinajstić information content (AvgIpc) is 2.49. The molecule has 124 valence electrons. The molecule has 23 heavy (non-hydrogen) atoms. The molecule has 2 rings (SSSR count). The maximum atomic E-state index is 9.79. The van der Waals surface area contributed by atoms with Gasteiger partial charge in [-0.15, -0.1) is 0 Å². The second-order valence-electron chi connectivity index (χ2n) is 4.88. The summed E-state index contributed by atoms with van der Waals surface area (Å²) in [6.07, 6.45) is 4.46. The van der Waals surface area contributed by atoms with Gasteiger partial charge in [-0.05, 0) is 23.6 Å². The smallest absolute Gasteiger partial charge is 0.264 e. The number of hydrogen-bond acceptors (Lipinski definition) is 4. The SMILES string of the molecule is CCCS(=O)(=O)O.Nc1cccc(C=Cc2ccccc2)c1N. The van der Waals surface area contributed by atoms with E-state index in [2.05, 4.69) is 0 Å². The molecule has 0 radical (unpaired) electrons. The average molecular weight is 334 g/mol. The van der Waals surface area contributed by atoms with E-state index in [1.54, 1.807) is 13.0 Å². The first-order valence-corrected chi connectivity index (χ1v) is 8.76. The molecule has 0 atom stereocenters. The monoisotopic (exact) mass is 334 g/mol. The second-order valence-corrected chi connectivity index (χ2v) is 6.45. The molecule has 0 unspecified atom stereocenters. The van der Waals surface area contributed by atoms with Gasteiger partial charge >= 0.3 is 0 Å². The predicted octanol–water partition coefficient (Wildman–Crippen LogP) is 3.31. The van der Waals surface area contributed by atoms with Gasteiger partial charge in [0.05, 0.1) is 17.1 Å². The number of benzene rings is 2. The Morgan fingerprint density at radius 1 is 1.00 bits per heavy atom. The van der Waals surface area contributed by atoms with Crippen LogP contribution < -0.4 is 11.5 Å². The largest absolute Gasteiger partial charge is 0.397 e. The molecule has 0 aliphatic carbocycles. The van der Waals surface area contributed by atoms with Crippen molar-refractivity contribution in [2.75, 3.05) is 17.2 Å². The van der Waals surface area contributed by atoms with Crippen LogP contribution in [0.1, 0.15) is 24.5 Å². The number of para-hydroxylation sites is 1. The fraction of sp³-hybridized carbons (Fsp3) is 0.176. The highest BCUT2D eigenvalue weighted by atomic mass is 32.2. The van der Waals surface area contributed by atoms with Crippen LogP contribution in [0.3, 0.4) is 0 Å². The van der Waals surface area contributed by atoms with E-state index in [0.717, 1.165) is 11.1 Å². The lowest BCUT2D eigenvalue weighted by Crippen LogP contribution is -2.01. The summed E-state index contributed by atoms with van der Waals surface area (Å²) in [5, 5.41) is 0. The summed E-state index contributed by atoms with van der Waals surface area (Å²) >= 11 is 0. The summed E-state index contributed by atoms with van der Waals surface area (Å²) < 4.78 is 27.6. The van der Waals surface area contributed by atoms with Crippen LogP contribution in [0.5, 0.6) is 0 Å². The summed E-state index contributed by atoms with van der Waals surface area (Å²) in [5.41, 5.74) is 14.9. The Morgan fingerprint density at radius 2 is 1.65 bits per heavy atom. The van der Waals surface area contributed by atoms with Crippen LogP contribution in [0.4, 0.5) is 11.4 Å². The van der Waals surface area contributed by atoms with E-state index in [0.29, 0.717) is 17.8 Å². The van der Waals surface area contributed by atoms with Crippen molar-refractivity contribution in [2.45, 2.75) is 13.3 Å². The molecule has 0 aromatic heterocycles. The van der Waals surface area contributed by atoms with Gasteiger partial charge in [-0.25, -0.2) is 0 Å². The van der Waals surface area contributed by atoms with Crippen molar-refractivity contribution < 1.29 is 13.0 Å². The Kier molecular flexibility index (Phi) is 7.31. The minimum absolute atomic E-state index is 0.132. The van der Waals surface area contributed by atoms with Crippen molar-refractivity contribution in [3.05, 3.63) is 59.7 Å². The van der Waals surface area contributed by atoms with Gasteiger partial charge in [-0.2, -0.15) is 8.42 Å². The topological polar surface area (TPSA) is 106 Å². The number of anilines is 2. The summed E-state index contributed by atoms with van der Waals surface area (Å²) in [7, 11) is -3.67. The van der Waals surface area contributed by atoms with Gasteiger partial charge < -0.3 is 11.5 Å². The van der Waals surface area contributed by atoms with Gasteiger partial charge in [-0.1, -0.05) is 61.5 Å². The molecule has 5 N–H and O–H groups in total. The van der Waals surface area contributed by atoms with Crippen LogP contribution >= 0.6 is 0 Å². The van der Waals surface area contributed by atoms with Gasteiger partial charge in [0.2, 0.25) is 0 Å². The van der Waals surface area contributed by atoms with E-state index in [1.807, 2.05) is 54.6 Å². The molecule has 2 aromatic rings. The van der Waals surface area contributed by atoms with E-state index < -0.39 is 10.1 Å². The van der Waals surface area contributed by atoms with E-state index in [9.17, 15) is 8.42 Å². The van der Waals surface area contributed by atoms with Crippen molar-refractivity contribution in [1.82, 2.24) is 0 Å². The van der Waals surface area contributed by atoms with E-state index in [4.69, 9.17) is 16.0 Å². The Morgan fingerprint density at radius 3 is 2.17 bits per heavy atom. The predicted molar refractivity (Wildman–Crippen MR) is 97.3 cm³/mol. The van der Waals surface area contributed by atoms with Crippen molar-refractivity contribution in [3.8, 4) is 0 Å². The molecule has 0 spiro atoms. The van der Waals surface area contributed by atoms with Gasteiger partial charge in [0.15, 0.2) is 0 Å². The van der Waals surface area contributed by atoms with Crippen molar-refractivity contribution >= 4 is 33.6 Å². The van der Waals surface area contributed by atoms with Crippen LogP contribution in [0.25, 0.3) is 12.2 Å². The van der Waals surface area contributed by atoms with E-state index >= 15 is 0 Å². The number of rotatable bonds is 4. The molecule has 6 heteroatoms. The molecule has 0 saturated carbocycles. The highest BCUT2D eigenvalue weighted by molar-refractivity contribution is 7.85. The van der Waals surface area contributed by atoms with Gasteiger partial charge in [0, 0.05) is 0 Å². The van der Waals surface area contributed by atoms with Crippen molar-refractivity contribution in [1.29, 1.82) is 0 Å². The molecule has 0 aliphatic heterocycles. The first-order valence-electron chi connectivity index (χ1n) is 7.15. The van der Waals surface area contributed by atoms with Crippen LogP contribution in [-0.2, 0) is 10.1 Å². The third-order valence-corrected chi connectivity index (χ3v) is 3.81. The van der Waals surface area contributed by atoms with Crippen LogP contribution in [0, 0.1) is 0 Å². The summed E-state index contributed by atoms with van der Waals surface area (Å²) in [6, 6.07) is 15.7. The Hall–Kier alpha value is -2.31. The molecule has 0 heterocycles. The fourth-order valence-electron chi connectivity index (χ4n) is 1.76. The number of nitrogens with two attached hydrogens (primary N) is 2. The second kappa shape index (κ2) is 8.97. The van der Waals surface area contributed by atoms with Crippen LogP contribution in [0.2, 0.25) is 0 Å². The molecule has 0 fully saturated rings. The van der Waals surface area contributed by atoms with E-state index in [-0.39, 0.29) is 5.75 Å². The molecule has 0 amide bonds. The van der Waals surface area contributed by atoms with E-state index in [1.165, 1.54) is 0 Å². The zero-order valence-electron chi connectivity index (χ0n) is 13.0. The summed E-state index contributed by atoms with van der Waals surface area (Å²) in [6.45, 7) is 1.69. The minimum atomic E-state index is -3.67. The molecule has 5 nitrogen and oxygen atoms in total. The number of hydrogen-bond donors (Lipinski definition) is 3. The van der Waals surface area contributed by atoms with Crippen molar-refractivity contribution in [2.24, 2.45) is 0 Å². The highest BCUT2D eigenvalue weighted by Crippen LogP contribution is 2.21. The highest BCUT2D eigenvalue weighted by Gasteiger charge is 1.98. The number of nitrogen functional groups attached to an aromatic ring is 2. The molecule has 0 bridgehead atoms. The molecular formula is C17H22N2O3S. The lowest BCUT2D eigenvalue weighted by atomic mass is 10.1. The Balaban J connectivity index is 0.000000322. The Bertz CT molecular complexity index is 742. The third-order valence-electron chi connectivity index (χ3n) is 2.89. The standard InChI is InChI=1S/C14H14N2.C3H8O3S/c15-13-8-4-7-12(14(13)16)10-9-11-5-2-1-3-6-11;1-2-3-7(4,5)6/h1-10H,15-16H2;2-3H2,1H3,(H,4,5,6). The molecular weight excluding hydrogens is 312 g/mol. The third kappa shape index (κ3) is 7.49. The fourth-order valence-corrected chi connectivity index (χ4v) is 2.27. The Labute approximate surface area is 137 Å². The van der Waals surface area contributed by atoms with Crippen LogP contribution in [-0.4, -0.2) is 18.7 Å². The first-order chi connectivity index (χ1) is 10.8. The maximum Gasteiger partial charge on any atom is 0.264 e. The first kappa shape index (κ1) is 18.7. The summed E-state index contributed by atoms with van der Waals surface area (Å²) in [5.74, 6) is -0.132. The zero-order valence-corrected chi connectivity index (χ0v) is 13.8. The minimum Gasteiger partial charge on any atom is -0.397 e. The lowest BCUT2D eigenvalue weighted by molar-refractivity contribution is 0.482. The molecule has 0 aliphatic rings. The van der Waals surface area contributed by atoms with Gasteiger partial charge in [-0.3, -0.25) is 4.55 Å². The van der Waals surface area contributed by atoms with Gasteiger partial charge in [0.25, 0.3) is 10.1 Å². The lowest BCUT2D eigenvalue weighted by Gasteiger charge is -2.03. The van der Waals surface area contributed by atoms with Crippen molar-refractivity contribution in [3.63, 3.8) is 0 Å².